The summed E-state index contributed by atoms with van der Waals surface area (Å²) >= 11 is 0. The maximum absolute atomic E-state index is 12.2. The number of rotatable bonds is 4. The number of hydrogen-bond donors (Lipinski definition) is 1. The molecular weight excluding hydrogens is 264 g/mol. The lowest BCUT2D eigenvalue weighted by molar-refractivity contribution is -0.134. The molecule has 0 aliphatic heterocycles. The van der Waals surface area contributed by atoms with Gasteiger partial charge in [0, 0.05) is 40.5 Å². The molecule has 0 atom stereocenters. The Kier molecular flexibility index (Phi) is 4.73. The van der Waals surface area contributed by atoms with Crippen LogP contribution in [0.1, 0.15) is 0 Å². The van der Waals surface area contributed by atoms with Crippen molar-refractivity contribution in [2.24, 2.45) is 14.1 Å². The molecule has 0 unspecified atom stereocenters. The zero-order valence-electron chi connectivity index (χ0n) is 12.1. The molecule has 0 radical (unpaired) electrons. The Bertz CT molecular complexity index is 657. The molecule has 1 N–H and O–H groups in total. The predicted octanol–water partition coefficient (Wildman–Crippen LogP) is -0.751. The van der Waals surface area contributed by atoms with Gasteiger partial charge in [0.25, 0.3) is 5.56 Å². The van der Waals surface area contributed by atoms with Crippen LogP contribution in [0.4, 0.5) is 11.5 Å². The summed E-state index contributed by atoms with van der Waals surface area (Å²) in [4.78, 5) is 36.6. The summed E-state index contributed by atoms with van der Waals surface area (Å²) < 4.78 is 6.80. The second-order valence-electron chi connectivity index (χ2n) is 4.10. The molecule has 0 saturated carbocycles. The van der Waals surface area contributed by atoms with Gasteiger partial charge in [-0.25, -0.2) is 9.59 Å². The van der Waals surface area contributed by atoms with E-state index >= 15 is 0 Å². The number of nitrogens with zero attached hydrogens (tertiary/aromatic N) is 3. The topological polar surface area (TPSA) is 85.6 Å². The summed E-state index contributed by atoms with van der Waals surface area (Å²) in [6.07, 6.45) is 2.58. The van der Waals surface area contributed by atoms with Crippen molar-refractivity contribution in [1.29, 1.82) is 0 Å². The molecular formula is C12H18N4O4. The van der Waals surface area contributed by atoms with Crippen LogP contribution in [0.15, 0.2) is 21.9 Å². The highest BCUT2D eigenvalue weighted by atomic mass is 16.5. The molecule has 0 fully saturated rings. The van der Waals surface area contributed by atoms with Gasteiger partial charge in [-0.05, 0) is 0 Å². The maximum atomic E-state index is 12.2. The number of carbonyl (C=O) groups excluding carboxylic acids is 1. The Hall–Kier alpha value is -2.51. The molecule has 8 heteroatoms. The number of carbonyl (C=O) groups is 1. The van der Waals surface area contributed by atoms with E-state index in [0.717, 1.165) is 4.57 Å². The largest absolute Gasteiger partial charge is 0.466 e. The SMILES string of the molecule is CNc1c(N(C)/C=C/C(=O)OC)c(=O)n(C)c(=O)n1C. The van der Waals surface area contributed by atoms with E-state index in [1.54, 1.807) is 21.1 Å². The fourth-order valence-electron chi connectivity index (χ4n) is 1.75. The first-order valence-electron chi connectivity index (χ1n) is 5.81. The third-order valence-corrected chi connectivity index (χ3v) is 2.87. The summed E-state index contributed by atoms with van der Waals surface area (Å²) in [5.74, 6) is -0.181. The van der Waals surface area contributed by atoms with Crippen LogP contribution < -0.4 is 21.5 Å². The summed E-state index contributed by atoms with van der Waals surface area (Å²) in [5, 5.41) is 2.81. The van der Waals surface area contributed by atoms with Crippen molar-refractivity contribution in [2.45, 2.75) is 0 Å². The third-order valence-electron chi connectivity index (χ3n) is 2.87. The van der Waals surface area contributed by atoms with E-state index in [1.807, 2.05) is 0 Å². The maximum Gasteiger partial charge on any atom is 0.332 e. The number of methoxy groups -OCH3 is 1. The quantitative estimate of drug-likeness (QED) is 0.577. The summed E-state index contributed by atoms with van der Waals surface area (Å²) in [6, 6.07) is 0. The molecule has 110 valence electrons. The zero-order chi connectivity index (χ0) is 15.4. The van der Waals surface area contributed by atoms with Crippen LogP contribution in [0.5, 0.6) is 0 Å². The van der Waals surface area contributed by atoms with E-state index in [-0.39, 0.29) is 5.69 Å². The number of anilines is 2. The predicted molar refractivity (Wildman–Crippen MR) is 76.0 cm³/mol. The molecule has 8 nitrogen and oxygen atoms in total. The van der Waals surface area contributed by atoms with Crippen molar-refractivity contribution in [3.63, 3.8) is 0 Å². The highest BCUT2D eigenvalue weighted by molar-refractivity contribution is 5.82. The van der Waals surface area contributed by atoms with Gasteiger partial charge in [0.15, 0.2) is 0 Å². The summed E-state index contributed by atoms with van der Waals surface area (Å²) in [7, 11) is 7.41. The fourth-order valence-corrected chi connectivity index (χ4v) is 1.75. The molecule has 20 heavy (non-hydrogen) atoms. The first kappa shape index (κ1) is 15.5. The Morgan fingerprint density at radius 2 is 1.90 bits per heavy atom. The summed E-state index contributed by atoms with van der Waals surface area (Å²) in [6.45, 7) is 0. The second kappa shape index (κ2) is 6.09. The van der Waals surface area contributed by atoms with Gasteiger partial charge in [0.05, 0.1) is 7.11 Å². The van der Waals surface area contributed by atoms with Gasteiger partial charge in [-0.2, -0.15) is 0 Å². The molecule has 0 bridgehead atoms. The molecule has 0 aliphatic carbocycles. The molecule has 0 amide bonds. The van der Waals surface area contributed by atoms with Crippen LogP contribution in [0.3, 0.4) is 0 Å². The molecule has 1 aromatic rings. The zero-order valence-corrected chi connectivity index (χ0v) is 12.1. The highest BCUT2D eigenvalue weighted by Gasteiger charge is 2.17. The van der Waals surface area contributed by atoms with E-state index in [9.17, 15) is 14.4 Å². The molecule has 1 heterocycles. The average Bonchev–Trinajstić information content (AvgIpc) is 2.45. The molecule has 1 aromatic heterocycles. The van der Waals surface area contributed by atoms with Crippen molar-refractivity contribution >= 4 is 17.5 Å². The van der Waals surface area contributed by atoms with Crippen LogP contribution in [0.2, 0.25) is 0 Å². The molecule has 1 rings (SSSR count). The normalized spacial score (nSPS) is 10.7. The number of aromatic nitrogens is 2. The van der Waals surface area contributed by atoms with Crippen molar-refractivity contribution in [1.82, 2.24) is 9.13 Å². The van der Waals surface area contributed by atoms with Gasteiger partial charge in [-0.1, -0.05) is 0 Å². The van der Waals surface area contributed by atoms with Crippen molar-refractivity contribution in [2.75, 3.05) is 31.4 Å². The monoisotopic (exact) mass is 282 g/mol. The van der Waals surface area contributed by atoms with Crippen LogP contribution in [0.25, 0.3) is 0 Å². The van der Waals surface area contributed by atoms with Gasteiger partial charge in [-0.3, -0.25) is 13.9 Å². The van der Waals surface area contributed by atoms with E-state index in [1.165, 1.54) is 35.9 Å². The van der Waals surface area contributed by atoms with Crippen LogP contribution in [0, 0.1) is 0 Å². The van der Waals surface area contributed by atoms with E-state index in [2.05, 4.69) is 10.1 Å². The van der Waals surface area contributed by atoms with Crippen molar-refractivity contribution in [3.05, 3.63) is 33.1 Å². The fraction of sp³-hybridized carbons (Fsp3) is 0.417. The minimum atomic E-state index is -0.537. The van der Waals surface area contributed by atoms with Crippen LogP contribution in [-0.2, 0) is 23.6 Å². The molecule has 0 aromatic carbocycles. The first-order chi connectivity index (χ1) is 9.34. The number of nitrogens with one attached hydrogen (secondary N) is 1. The Morgan fingerprint density at radius 1 is 1.30 bits per heavy atom. The number of ether oxygens (including phenoxy) is 1. The smallest absolute Gasteiger partial charge is 0.332 e. The summed E-state index contributed by atoms with van der Waals surface area (Å²) in [5.41, 5.74) is -0.653. The van der Waals surface area contributed by atoms with E-state index in [0.29, 0.717) is 5.82 Å². The molecule has 0 aliphatic rings. The Morgan fingerprint density at radius 3 is 2.40 bits per heavy atom. The lowest BCUT2D eigenvalue weighted by Crippen LogP contribution is -2.40. The van der Waals surface area contributed by atoms with E-state index < -0.39 is 17.2 Å². The van der Waals surface area contributed by atoms with Crippen molar-refractivity contribution in [3.8, 4) is 0 Å². The minimum Gasteiger partial charge on any atom is -0.466 e. The number of hydrogen-bond acceptors (Lipinski definition) is 6. The van der Waals surface area contributed by atoms with Gasteiger partial charge < -0.3 is 15.0 Å². The lowest BCUT2D eigenvalue weighted by atomic mass is 10.4. The van der Waals surface area contributed by atoms with Crippen LogP contribution >= 0.6 is 0 Å². The highest BCUT2D eigenvalue weighted by Crippen LogP contribution is 2.17. The third kappa shape index (κ3) is 2.73. The van der Waals surface area contributed by atoms with E-state index in [4.69, 9.17) is 0 Å². The average molecular weight is 282 g/mol. The molecule has 0 spiro atoms. The van der Waals surface area contributed by atoms with Gasteiger partial charge in [0.1, 0.15) is 11.5 Å². The Balaban J connectivity index is 3.45. The first-order valence-corrected chi connectivity index (χ1v) is 5.81. The van der Waals surface area contributed by atoms with Gasteiger partial charge >= 0.3 is 11.7 Å². The van der Waals surface area contributed by atoms with Gasteiger partial charge in [-0.15, -0.1) is 0 Å². The van der Waals surface area contributed by atoms with Gasteiger partial charge in [0.2, 0.25) is 0 Å². The van der Waals surface area contributed by atoms with Crippen molar-refractivity contribution < 1.29 is 9.53 Å². The minimum absolute atomic E-state index is 0.247. The molecule has 0 saturated heterocycles. The van der Waals surface area contributed by atoms with Crippen LogP contribution in [-0.4, -0.2) is 36.3 Å². The standard InChI is InChI=1S/C12H18N4O4/c1-13-10-9(14(2)7-6-8(17)20-5)11(18)16(4)12(19)15(10)3/h6-7,13H,1-5H3/b7-6+. The lowest BCUT2D eigenvalue weighted by Gasteiger charge is -2.20. The Labute approximate surface area is 115 Å². The second-order valence-corrected chi connectivity index (χ2v) is 4.10. The number of esters is 1.